The Morgan fingerprint density at radius 3 is 2.50 bits per heavy atom. The highest BCUT2D eigenvalue weighted by Gasteiger charge is 2.20. The lowest BCUT2D eigenvalue weighted by atomic mass is 9.99. The van der Waals surface area contributed by atoms with Gasteiger partial charge in [-0.25, -0.2) is 0 Å². The number of carbonyl (C=O) groups excluding carboxylic acids is 2. The fourth-order valence-corrected chi connectivity index (χ4v) is 2.44. The first-order valence-electron chi connectivity index (χ1n) is 7.70. The van der Waals surface area contributed by atoms with E-state index in [1.54, 1.807) is 24.3 Å². The van der Waals surface area contributed by atoms with Gasteiger partial charge >= 0.3 is 0 Å². The van der Waals surface area contributed by atoms with Gasteiger partial charge in [0.15, 0.2) is 11.6 Å². The number of carbonyl (C=O) groups is 2. The molecule has 0 atom stereocenters. The van der Waals surface area contributed by atoms with Crippen LogP contribution in [-0.2, 0) is 0 Å². The first kappa shape index (κ1) is 18.0. The Balaban J connectivity index is 2.24. The molecule has 0 spiro atoms. The predicted octanol–water partition coefficient (Wildman–Crippen LogP) is 4.60. The first-order valence-corrected chi connectivity index (χ1v) is 8.08. The molecular formula is C19H19ClO4. The molecule has 0 bridgehead atoms. The van der Waals surface area contributed by atoms with Crippen LogP contribution < -0.4 is 4.74 Å². The van der Waals surface area contributed by atoms with Gasteiger partial charge in [-0.15, -0.1) is 0 Å². The van der Waals surface area contributed by atoms with Crippen molar-refractivity contribution in [2.75, 3.05) is 6.61 Å². The van der Waals surface area contributed by atoms with Gasteiger partial charge in [0.25, 0.3) is 0 Å². The maximum atomic E-state index is 12.5. The molecule has 0 unspecified atom stereocenters. The molecule has 2 aromatic carbocycles. The zero-order chi connectivity index (χ0) is 17.7. The van der Waals surface area contributed by atoms with Crippen molar-refractivity contribution in [3.8, 4) is 11.5 Å². The number of benzene rings is 2. The number of phenolic OH excluding ortho intramolecular Hbond substituents is 1. The van der Waals surface area contributed by atoms with E-state index >= 15 is 0 Å². The molecule has 0 radical (unpaired) electrons. The molecular weight excluding hydrogens is 328 g/mol. The van der Waals surface area contributed by atoms with E-state index in [9.17, 15) is 14.7 Å². The minimum absolute atomic E-state index is 0.132. The van der Waals surface area contributed by atoms with Crippen molar-refractivity contribution in [2.24, 2.45) is 0 Å². The number of hydrogen-bond donors (Lipinski definition) is 1. The molecule has 5 heteroatoms. The van der Waals surface area contributed by atoms with Gasteiger partial charge in [-0.1, -0.05) is 30.2 Å². The van der Waals surface area contributed by atoms with Crippen LogP contribution in [0, 0.1) is 6.92 Å². The number of aromatic hydroxyl groups is 1. The summed E-state index contributed by atoms with van der Waals surface area (Å²) >= 11 is 5.96. The van der Waals surface area contributed by atoms with Gasteiger partial charge in [0.05, 0.1) is 24.2 Å². The smallest absolute Gasteiger partial charge is 0.174 e. The van der Waals surface area contributed by atoms with Crippen LogP contribution >= 0.6 is 11.6 Å². The van der Waals surface area contributed by atoms with E-state index < -0.39 is 11.6 Å². The zero-order valence-electron chi connectivity index (χ0n) is 13.6. The van der Waals surface area contributed by atoms with Gasteiger partial charge < -0.3 is 9.84 Å². The van der Waals surface area contributed by atoms with Crippen molar-refractivity contribution in [3.63, 3.8) is 0 Å². The average Bonchev–Trinajstić information content (AvgIpc) is 2.55. The molecule has 2 rings (SSSR count). The molecule has 0 saturated heterocycles. The summed E-state index contributed by atoms with van der Waals surface area (Å²) in [6.07, 6.45) is 0.437. The second-order valence-electron chi connectivity index (χ2n) is 5.53. The van der Waals surface area contributed by atoms with Crippen LogP contribution in [0.15, 0.2) is 36.4 Å². The monoisotopic (exact) mass is 346 g/mol. The van der Waals surface area contributed by atoms with Crippen LogP contribution in [0.4, 0.5) is 0 Å². The summed E-state index contributed by atoms with van der Waals surface area (Å²) in [7, 11) is 0. The van der Waals surface area contributed by atoms with Crippen molar-refractivity contribution in [1.82, 2.24) is 0 Å². The zero-order valence-corrected chi connectivity index (χ0v) is 14.4. The van der Waals surface area contributed by atoms with E-state index in [0.717, 1.165) is 12.0 Å². The second kappa shape index (κ2) is 7.97. The van der Waals surface area contributed by atoms with E-state index in [2.05, 4.69) is 0 Å². The van der Waals surface area contributed by atoms with Crippen molar-refractivity contribution < 1.29 is 19.4 Å². The Labute approximate surface area is 146 Å². The highest BCUT2D eigenvalue weighted by atomic mass is 35.5. The third kappa shape index (κ3) is 4.36. The van der Waals surface area contributed by atoms with Crippen LogP contribution in [-0.4, -0.2) is 23.3 Å². The quantitative estimate of drug-likeness (QED) is 0.588. The summed E-state index contributed by atoms with van der Waals surface area (Å²) in [5.41, 5.74) is 1.25. The van der Waals surface area contributed by atoms with Crippen LogP contribution in [0.2, 0.25) is 5.02 Å². The third-order valence-electron chi connectivity index (χ3n) is 3.48. The van der Waals surface area contributed by atoms with Gasteiger partial charge in [0.1, 0.15) is 11.5 Å². The fourth-order valence-electron chi connectivity index (χ4n) is 2.27. The first-order chi connectivity index (χ1) is 11.4. The van der Waals surface area contributed by atoms with Crippen LogP contribution in [0.5, 0.6) is 11.5 Å². The summed E-state index contributed by atoms with van der Waals surface area (Å²) in [6.45, 7) is 4.24. The van der Waals surface area contributed by atoms with Crippen LogP contribution in [0.3, 0.4) is 0 Å². The maximum Gasteiger partial charge on any atom is 0.174 e. The number of ketones is 2. The number of ether oxygens (including phenoxy) is 1. The standard InChI is InChI=1S/C19H19ClO4/c1-3-8-24-19-7-5-13(20)10-15(19)18(23)11-17(22)14-9-12(2)4-6-16(14)21/h4-7,9-10,21H,3,8,11H2,1-2H3. The van der Waals surface area contributed by atoms with Crippen molar-refractivity contribution in [1.29, 1.82) is 0 Å². The predicted molar refractivity (Wildman–Crippen MR) is 93.4 cm³/mol. The Morgan fingerprint density at radius 2 is 1.79 bits per heavy atom. The Hall–Kier alpha value is -2.33. The molecule has 0 aliphatic heterocycles. The average molecular weight is 347 g/mol. The Kier molecular flexibility index (Phi) is 5.99. The van der Waals surface area contributed by atoms with Gasteiger partial charge in [0.2, 0.25) is 0 Å². The molecule has 0 saturated carbocycles. The minimum Gasteiger partial charge on any atom is -0.507 e. The lowest BCUT2D eigenvalue weighted by Gasteiger charge is -2.11. The van der Waals surface area contributed by atoms with Crippen molar-refractivity contribution >= 4 is 23.2 Å². The maximum absolute atomic E-state index is 12.5. The van der Waals surface area contributed by atoms with Crippen LogP contribution in [0.25, 0.3) is 0 Å². The summed E-state index contributed by atoms with van der Waals surface area (Å²) < 4.78 is 5.55. The Morgan fingerprint density at radius 1 is 1.08 bits per heavy atom. The summed E-state index contributed by atoms with van der Waals surface area (Å²) in [5, 5.41) is 10.2. The minimum atomic E-state index is -0.442. The van der Waals surface area contributed by atoms with Gasteiger partial charge in [0, 0.05) is 5.02 Å². The number of Topliss-reactive ketones (excluding diaryl/α,β-unsaturated/α-hetero) is 2. The van der Waals surface area contributed by atoms with Crippen molar-refractivity contribution in [2.45, 2.75) is 26.7 Å². The Bertz CT molecular complexity index is 768. The number of rotatable bonds is 7. The molecule has 24 heavy (non-hydrogen) atoms. The fraction of sp³-hybridized carbons (Fsp3) is 0.263. The number of phenols is 1. The molecule has 0 aromatic heterocycles. The van der Waals surface area contributed by atoms with E-state index in [0.29, 0.717) is 17.4 Å². The molecule has 0 aliphatic carbocycles. The molecule has 0 amide bonds. The molecule has 0 heterocycles. The number of aryl methyl sites for hydroxylation is 1. The highest BCUT2D eigenvalue weighted by Crippen LogP contribution is 2.26. The van der Waals surface area contributed by atoms with E-state index in [1.807, 2.05) is 13.8 Å². The summed E-state index contributed by atoms with van der Waals surface area (Å²) in [4.78, 5) is 24.9. The van der Waals surface area contributed by atoms with E-state index in [-0.39, 0.29) is 23.3 Å². The number of halogens is 1. The molecule has 0 fully saturated rings. The molecule has 0 aliphatic rings. The van der Waals surface area contributed by atoms with E-state index in [4.69, 9.17) is 16.3 Å². The lowest BCUT2D eigenvalue weighted by Crippen LogP contribution is -2.11. The van der Waals surface area contributed by atoms with Crippen LogP contribution in [0.1, 0.15) is 46.0 Å². The lowest BCUT2D eigenvalue weighted by molar-refractivity contribution is 0.0891. The largest absolute Gasteiger partial charge is 0.507 e. The van der Waals surface area contributed by atoms with Gasteiger partial charge in [-0.05, 0) is 43.7 Å². The normalized spacial score (nSPS) is 10.5. The van der Waals surface area contributed by atoms with E-state index in [1.165, 1.54) is 12.1 Å². The summed E-state index contributed by atoms with van der Waals surface area (Å²) in [6, 6.07) is 9.47. The topological polar surface area (TPSA) is 63.6 Å². The SMILES string of the molecule is CCCOc1ccc(Cl)cc1C(=O)CC(=O)c1cc(C)ccc1O. The van der Waals surface area contributed by atoms with Crippen molar-refractivity contribution in [3.05, 3.63) is 58.1 Å². The molecule has 1 N–H and O–H groups in total. The van der Waals surface area contributed by atoms with Gasteiger partial charge in [-0.3, -0.25) is 9.59 Å². The molecule has 4 nitrogen and oxygen atoms in total. The molecule has 2 aromatic rings. The number of hydrogen-bond acceptors (Lipinski definition) is 4. The third-order valence-corrected chi connectivity index (χ3v) is 3.71. The summed E-state index contributed by atoms with van der Waals surface area (Å²) in [5.74, 6) is -0.559. The van der Waals surface area contributed by atoms with Gasteiger partial charge in [-0.2, -0.15) is 0 Å². The second-order valence-corrected chi connectivity index (χ2v) is 5.97. The highest BCUT2D eigenvalue weighted by molar-refractivity contribution is 6.31. The molecule has 126 valence electrons.